The molecule has 0 aliphatic carbocycles. The first-order chi connectivity index (χ1) is 13.8. The highest BCUT2D eigenvalue weighted by molar-refractivity contribution is 5.96. The number of hydrogen-bond acceptors (Lipinski definition) is 4. The van der Waals surface area contributed by atoms with Crippen LogP contribution >= 0.6 is 0 Å². The van der Waals surface area contributed by atoms with Crippen LogP contribution in [0.5, 0.6) is 5.75 Å². The minimum absolute atomic E-state index is 0.616. The van der Waals surface area contributed by atoms with Gasteiger partial charge in [-0.15, -0.1) is 0 Å². The molecule has 28 heavy (non-hydrogen) atoms. The van der Waals surface area contributed by atoms with E-state index in [9.17, 15) is 5.26 Å². The van der Waals surface area contributed by atoms with Gasteiger partial charge in [0.2, 0.25) is 0 Å². The van der Waals surface area contributed by atoms with Crippen molar-refractivity contribution >= 4 is 22.1 Å². The Morgan fingerprint density at radius 1 is 1.11 bits per heavy atom. The number of hydrogen-bond donors (Lipinski definition) is 1. The Bertz CT molecular complexity index is 1370. The van der Waals surface area contributed by atoms with Crippen LogP contribution in [0.15, 0.2) is 67.3 Å². The van der Waals surface area contributed by atoms with Crippen molar-refractivity contribution < 1.29 is 4.74 Å². The second kappa shape index (κ2) is 6.25. The van der Waals surface area contributed by atoms with Crippen LogP contribution in [0.3, 0.4) is 0 Å². The van der Waals surface area contributed by atoms with Gasteiger partial charge in [0.25, 0.3) is 0 Å². The van der Waals surface area contributed by atoms with Gasteiger partial charge in [-0.25, -0.2) is 9.97 Å². The van der Waals surface area contributed by atoms with Gasteiger partial charge in [-0.1, -0.05) is 12.1 Å². The number of nitrogens with zero attached hydrogens (tertiary/aromatic N) is 4. The molecule has 3 aromatic heterocycles. The third kappa shape index (κ3) is 2.49. The smallest absolute Gasteiger partial charge is 0.138 e. The third-order valence-electron chi connectivity index (χ3n) is 4.85. The molecule has 5 aromatic rings. The second-order valence-electron chi connectivity index (χ2n) is 6.45. The summed E-state index contributed by atoms with van der Waals surface area (Å²) >= 11 is 0. The van der Waals surface area contributed by atoms with Crippen LogP contribution in [-0.4, -0.2) is 26.6 Å². The number of imidazole rings is 1. The lowest BCUT2D eigenvalue weighted by molar-refractivity contribution is 0.414. The average molecular weight is 365 g/mol. The Morgan fingerprint density at radius 3 is 2.89 bits per heavy atom. The summed E-state index contributed by atoms with van der Waals surface area (Å²) in [5.41, 5.74) is 6.28. The van der Waals surface area contributed by atoms with Crippen molar-refractivity contribution in [3.05, 3.63) is 72.8 Å². The van der Waals surface area contributed by atoms with E-state index in [-0.39, 0.29) is 0 Å². The molecule has 0 unspecified atom stereocenters. The van der Waals surface area contributed by atoms with Gasteiger partial charge in [-0.05, 0) is 42.0 Å². The Hall–Kier alpha value is -4.11. The summed E-state index contributed by atoms with van der Waals surface area (Å²) in [5, 5.41) is 10.2. The number of fused-ring (bicyclic) bond motifs is 2. The summed E-state index contributed by atoms with van der Waals surface area (Å²) in [6.07, 6.45) is 5.43. The Labute approximate surface area is 160 Å². The predicted octanol–water partition coefficient (Wildman–Crippen LogP) is 4.45. The molecule has 0 spiro atoms. The summed E-state index contributed by atoms with van der Waals surface area (Å²) in [4.78, 5) is 12.1. The lowest BCUT2D eigenvalue weighted by Gasteiger charge is -2.06. The molecular formula is C22H15N5O. The van der Waals surface area contributed by atoms with Crippen LogP contribution in [0.1, 0.15) is 5.56 Å². The highest BCUT2D eigenvalue weighted by Crippen LogP contribution is 2.32. The Balaban J connectivity index is 1.69. The third-order valence-corrected chi connectivity index (χ3v) is 4.85. The maximum atomic E-state index is 9.19. The van der Waals surface area contributed by atoms with Gasteiger partial charge < -0.3 is 9.72 Å². The molecular weight excluding hydrogens is 350 g/mol. The van der Waals surface area contributed by atoms with Crippen molar-refractivity contribution in [3.8, 4) is 28.6 Å². The molecule has 0 aliphatic heterocycles. The number of ether oxygens (including phenoxy) is 1. The first kappa shape index (κ1) is 16.1. The van der Waals surface area contributed by atoms with E-state index in [1.165, 1.54) is 0 Å². The molecule has 0 atom stereocenters. The minimum Gasteiger partial charge on any atom is -0.495 e. The van der Waals surface area contributed by atoms with Crippen molar-refractivity contribution in [2.45, 2.75) is 0 Å². The molecule has 2 aromatic carbocycles. The number of rotatable bonds is 3. The zero-order valence-corrected chi connectivity index (χ0v) is 15.0. The van der Waals surface area contributed by atoms with Gasteiger partial charge in [-0.3, -0.25) is 4.57 Å². The van der Waals surface area contributed by atoms with Gasteiger partial charge in [-0.2, -0.15) is 5.26 Å². The topological polar surface area (TPSA) is 79.5 Å². The quantitative estimate of drug-likeness (QED) is 0.512. The van der Waals surface area contributed by atoms with E-state index in [0.29, 0.717) is 11.3 Å². The first-order valence-electron chi connectivity index (χ1n) is 8.76. The molecule has 0 amide bonds. The lowest BCUT2D eigenvalue weighted by Crippen LogP contribution is -1.92. The van der Waals surface area contributed by atoms with E-state index in [1.54, 1.807) is 25.7 Å². The van der Waals surface area contributed by atoms with Gasteiger partial charge in [0.1, 0.15) is 17.7 Å². The number of H-pyrrole nitrogens is 1. The molecule has 0 fully saturated rings. The summed E-state index contributed by atoms with van der Waals surface area (Å²) in [6.45, 7) is 0. The Morgan fingerprint density at radius 2 is 2.04 bits per heavy atom. The van der Waals surface area contributed by atoms with Crippen LogP contribution < -0.4 is 4.74 Å². The van der Waals surface area contributed by atoms with E-state index in [2.05, 4.69) is 27.1 Å². The van der Waals surface area contributed by atoms with E-state index >= 15 is 0 Å². The highest BCUT2D eigenvalue weighted by atomic mass is 16.5. The van der Waals surface area contributed by atoms with E-state index in [4.69, 9.17) is 4.74 Å². The standard InChI is InChI=1S/C22H15N5O/c1-28-17-9-18-19(12-25-22(18)24-11-17)15-5-6-20-21(8-15)27(13-26-20)16-4-2-3-14(7-16)10-23/h2-9,11-13H,1H3,(H,24,25). The summed E-state index contributed by atoms with van der Waals surface area (Å²) in [5.74, 6) is 0.716. The molecule has 0 bridgehead atoms. The molecule has 0 saturated heterocycles. The van der Waals surface area contributed by atoms with Crippen LogP contribution in [0.2, 0.25) is 0 Å². The van der Waals surface area contributed by atoms with E-state index < -0.39 is 0 Å². The zero-order valence-electron chi connectivity index (χ0n) is 15.0. The monoisotopic (exact) mass is 365 g/mol. The van der Waals surface area contributed by atoms with Crippen molar-refractivity contribution in [1.29, 1.82) is 5.26 Å². The second-order valence-corrected chi connectivity index (χ2v) is 6.45. The van der Waals surface area contributed by atoms with Crippen molar-refractivity contribution in [2.24, 2.45) is 0 Å². The fourth-order valence-electron chi connectivity index (χ4n) is 3.44. The predicted molar refractivity (Wildman–Crippen MR) is 107 cm³/mol. The number of nitrogens with one attached hydrogen (secondary N) is 1. The van der Waals surface area contributed by atoms with E-state index in [0.717, 1.165) is 38.9 Å². The molecule has 0 aliphatic rings. The zero-order chi connectivity index (χ0) is 19.1. The van der Waals surface area contributed by atoms with Crippen LogP contribution in [0.25, 0.3) is 38.9 Å². The summed E-state index contributed by atoms with van der Waals surface area (Å²) in [7, 11) is 1.63. The maximum Gasteiger partial charge on any atom is 0.138 e. The molecule has 3 heterocycles. The molecule has 134 valence electrons. The maximum absolute atomic E-state index is 9.19. The van der Waals surface area contributed by atoms with Gasteiger partial charge in [0.15, 0.2) is 0 Å². The minimum atomic E-state index is 0.616. The van der Waals surface area contributed by atoms with Crippen LogP contribution in [-0.2, 0) is 0 Å². The number of pyridine rings is 1. The van der Waals surface area contributed by atoms with Gasteiger partial charge in [0, 0.05) is 22.8 Å². The number of methoxy groups -OCH3 is 1. The first-order valence-corrected chi connectivity index (χ1v) is 8.76. The SMILES string of the molecule is COc1cnc2[nH]cc(-c3ccc4ncn(-c5cccc(C#N)c5)c4c3)c2c1. The van der Waals surface area contributed by atoms with Crippen molar-refractivity contribution in [2.75, 3.05) is 7.11 Å². The molecule has 0 saturated carbocycles. The molecule has 0 radical (unpaired) electrons. The lowest BCUT2D eigenvalue weighted by atomic mass is 10.0. The van der Waals surface area contributed by atoms with Gasteiger partial charge >= 0.3 is 0 Å². The number of aromatic amines is 1. The Kier molecular flexibility index (Phi) is 3.59. The summed E-state index contributed by atoms with van der Waals surface area (Å²) in [6, 6.07) is 17.8. The van der Waals surface area contributed by atoms with Crippen LogP contribution in [0, 0.1) is 11.3 Å². The van der Waals surface area contributed by atoms with Crippen LogP contribution in [0.4, 0.5) is 0 Å². The summed E-state index contributed by atoms with van der Waals surface area (Å²) < 4.78 is 7.32. The average Bonchev–Trinajstić information content (AvgIpc) is 3.36. The number of aromatic nitrogens is 4. The molecule has 6 heteroatoms. The molecule has 6 nitrogen and oxygen atoms in total. The normalized spacial score (nSPS) is 11.0. The number of benzene rings is 2. The van der Waals surface area contributed by atoms with Crippen molar-refractivity contribution in [1.82, 2.24) is 19.5 Å². The fourth-order valence-corrected chi connectivity index (χ4v) is 3.44. The largest absolute Gasteiger partial charge is 0.495 e. The molecule has 5 rings (SSSR count). The fraction of sp³-hybridized carbons (Fsp3) is 0.0455. The van der Waals surface area contributed by atoms with E-state index in [1.807, 2.05) is 47.2 Å². The molecule has 1 N–H and O–H groups in total. The van der Waals surface area contributed by atoms with Gasteiger partial charge in [0.05, 0.1) is 36.0 Å². The highest BCUT2D eigenvalue weighted by Gasteiger charge is 2.12. The van der Waals surface area contributed by atoms with Crippen molar-refractivity contribution in [3.63, 3.8) is 0 Å². The number of nitriles is 1.